The molecule has 8 heteroatoms. The van der Waals surface area contributed by atoms with Crippen LogP contribution in [0.1, 0.15) is 5.56 Å². The van der Waals surface area contributed by atoms with Gasteiger partial charge in [-0.25, -0.2) is 0 Å². The molecule has 3 nitrogen and oxygen atoms in total. The zero-order valence-corrected chi connectivity index (χ0v) is 13.9. The predicted molar refractivity (Wildman–Crippen MR) is 81.1 cm³/mol. The quantitative estimate of drug-likeness (QED) is 0.469. The van der Waals surface area contributed by atoms with E-state index in [1.807, 2.05) is 0 Å². The highest BCUT2D eigenvalue weighted by molar-refractivity contribution is 7.53. The topological polar surface area (TPSA) is 35.5 Å². The average molecular weight is 366 g/mol. The van der Waals surface area contributed by atoms with Crippen molar-refractivity contribution in [3.8, 4) is 0 Å². The van der Waals surface area contributed by atoms with Gasteiger partial charge in [-0.15, -0.1) is 23.2 Å². The molecule has 19 heavy (non-hydrogen) atoms. The van der Waals surface area contributed by atoms with Crippen LogP contribution in [0.4, 0.5) is 0 Å². The maximum absolute atomic E-state index is 12.5. The lowest BCUT2D eigenvalue weighted by molar-refractivity contribution is 0.221. The fourth-order valence-electron chi connectivity index (χ4n) is 1.35. The Morgan fingerprint density at radius 2 is 1.63 bits per heavy atom. The van der Waals surface area contributed by atoms with Gasteiger partial charge < -0.3 is 9.05 Å². The van der Waals surface area contributed by atoms with E-state index in [1.54, 1.807) is 18.2 Å². The van der Waals surface area contributed by atoms with Crippen molar-refractivity contribution < 1.29 is 13.6 Å². The van der Waals surface area contributed by atoms with Crippen molar-refractivity contribution >= 4 is 54.0 Å². The van der Waals surface area contributed by atoms with Crippen LogP contribution in [0.2, 0.25) is 10.0 Å². The van der Waals surface area contributed by atoms with Crippen LogP contribution in [-0.4, -0.2) is 25.0 Å². The van der Waals surface area contributed by atoms with Gasteiger partial charge in [0.05, 0.1) is 19.4 Å². The van der Waals surface area contributed by atoms with Crippen LogP contribution in [-0.2, 0) is 19.8 Å². The van der Waals surface area contributed by atoms with Gasteiger partial charge in [-0.1, -0.05) is 23.2 Å². The van der Waals surface area contributed by atoms with E-state index >= 15 is 0 Å². The molecule has 0 aliphatic rings. The predicted octanol–water partition coefficient (Wildman–Crippen LogP) is 5.20. The monoisotopic (exact) mass is 364 g/mol. The number of alkyl halides is 2. The van der Waals surface area contributed by atoms with Gasteiger partial charge in [0.25, 0.3) is 0 Å². The molecule has 0 amide bonds. The second-order valence-electron chi connectivity index (χ2n) is 3.55. The highest BCUT2D eigenvalue weighted by Crippen LogP contribution is 2.52. The third kappa shape index (κ3) is 6.22. The molecular weight excluding hydrogens is 353 g/mol. The normalized spacial score (nSPS) is 11.8. The molecule has 0 aliphatic heterocycles. The molecule has 108 valence electrons. The second kappa shape index (κ2) is 8.74. The standard InChI is InChI=1S/C11H13Cl4O3P/c12-3-5-17-19(16,18-6-4-13)8-9-7-10(14)1-2-11(9)15/h1-2,7H,3-6,8H2. The van der Waals surface area contributed by atoms with Crippen molar-refractivity contribution in [2.24, 2.45) is 0 Å². The molecule has 0 N–H and O–H groups in total. The van der Waals surface area contributed by atoms with E-state index in [0.29, 0.717) is 15.6 Å². The first-order valence-electron chi connectivity index (χ1n) is 5.45. The summed E-state index contributed by atoms with van der Waals surface area (Å²) in [5.41, 5.74) is 0.599. The van der Waals surface area contributed by atoms with Crippen molar-refractivity contribution in [1.29, 1.82) is 0 Å². The van der Waals surface area contributed by atoms with Crippen LogP contribution in [0, 0.1) is 0 Å². The van der Waals surface area contributed by atoms with Gasteiger partial charge in [0.2, 0.25) is 0 Å². The minimum atomic E-state index is -3.33. The van der Waals surface area contributed by atoms with Gasteiger partial charge in [-0.2, -0.15) is 0 Å². The number of hydrogen-bond donors (Lipinski definition) is 0. The van der Waals surface area contributed by atoms with E-state index in [4.69, 9.17) is 55.5 Å². The third-order valence-electron chi connectivity index (χ3n) is 2.10. The lowest BCUT2D eigenvalue weighted by atomic mass is 10.2. The Bertz CT molecular complexity index is 444. The summed E-state index contributed by atoms with van der Waals surface area (Å²) in [4.78, 5) is 0. The second-order valence-corrected chi connectivity index (χ2v) is 7.20. The Balaban J connectivity index is 2.86. The van der Waals surface area contributed by atoms with Crippen molar-refractivity contribution in [3.63, 3.8) is 0 Å². The van der Waals surface area contributed by atoms with E-state index in [-0.39, 0.29) is 31.1 Å². The summed E-state index contributed by atoms with van der Waals surface area (Å²) >= 11 is 23.0. The molecule has 0 saturated carbocycles. The average Bonchev–Trinajstić information content (AvgIpc) is 2.39. The highest BCUT2D eigenvalue weighted by Gasteiger charge is 2.26. The lowest BCUT2D eigenvalue weighted by Crippen LogP contribution is -2.03. The van der Waals surface area contributed by atoms with E-state index in [1.165, 1.54) is 0 Å². The Hall–Kier alpha value is 0.530. The summed E-state index contributed by atoms with van der Waals surface area (Å²) in [6.07, 6.45) is 0.0279. The van der Waals surface area contributed by atoms with Gasteiger partial charge in [0.15, 0.2) is 0 Å². The molecule has 0 radical (unpaired) electrons. The van der Waals surface area contributed by atoms with Crippen molar-refractivity contribution in [3.05, 3.63) is 33.8 Å². The van der Waals surface area contributed by atoms with E-state index < -0.39 is 7.60 Å². The summed E-state index contributed by atoms with van der Waals surface area (Å²) in [6, 6.07) is 4.91. The third-order valence-corrected chi connectivity index (χ3v) is 4.89. The number of hydrogen-bond acceptors (Lipinski definition) is 3. The summed E-state index contributed by atoms with van der Waals surface area (Å²) in [5.74, 6) is 0.439. The molecule has 0 unspecified atom stereocenters. The van der Waals surface area contributed by atoms with Gasteiger partial charge >= 0.3 is 7.60 Å². The van der Waals surface area contributed by atoms with Crippen LogP contribution in [0.5, 0.6) is 0 Å². The van der Waals surface area contributed by atoms with Crippen LogP contribution >= 0.6 is 54.0 Å². The van der Waals surface area contributed by atoms with Crippen LogP contribution in [0.3, 0.4) is 0 Å². The highest BCUT2D eigenvalue weighted by atomic mass is 35.5. The summed E-state index contributed by atoms with van der Waals surface area (Å²) in [6.45, 7) is 0.249. The number of benzene rings is 1. The molecule has 0 aromatic heterocycles. The minimum absolute atomic E-state index is 0.0279. The molecule has 1 rings (SSSR count). The van der Waals surface area contributed by atoms with Crippen LogP contribution in [0.15, 0.2) is 18.2 Å². The van der Waals surface area contributed by atoms with Gasteiger partial charge in [0, 0.05) is 21.8 Å². The minimum Gasteiger partial charge on any atom is -0.307 e. The maximum Gasteiger partial charge on any atom is 0.335 e. The Kier molecular flexibility index (Phi) is 8.08. The first-order chi connectivity index (χ1) is 9.00. The first kappa shape index (κ1) is 17.6. The van der Waals surface area contributed by atoms with Crippen LogP contribution < -0.4 is 0 Å². The van der Waals surface area contributed by atoms with Crippen molar-refractivity contribution in [2.45, 2.75) is 6.16 Å². The molecule has 1 aromatic rings. The van der Waals surface area contributed by atoms with Crippen LogP contribution in [0.25, 0.3) is 0 Å². The maximum atomic E-state index is 12.5. The van der Waals surface area contributed by atoms with Gasteiger partial charge in [0.1, 0.15) is 0 Å². The molecule has 0 heterocycles. The molecule has 0 fully saturated rings. The zero-order chi connectivity index (χ0) is 14.3. The molecule has 1 aromatic carbocycles. The summed E-state index contributed by atoms with van der Waals surface area (Å²) in [5, 5.41) is 0.953. The van der Waals surface area contributed by atoms with Crippen molar-refractivity contribution in [1.82, 2.24) is 0 Å². The smallest absolute Gasteiger partial charge is 0.307 e. The van der Waals surface area contributed by atoms with Crippen molar-refractivity contribution in [2.75, 3.05) is 25.0 Å². The molecule has 0 bridgehead atoms. The Labute approximate surface area is 132 Å². The zero-order valence-electron chi connectivity index (χ0n) is 9.95. The fraction of sp³-hybridized carbons (Fsp3) is 0.455. The summed E-state index contributed by atoms with van der Waals surface area (Å²) < 4.78 is 22.9. The first-order valence-corrected chi connectivity index (χ1v) is 9.00. The molecule has 0 aliphatic carbocycles. The van der Waals surface area contributed by atoms with Gasteiger partial charge in [-0.3, -0.25) is 4.57 Å². The molecule has 0 spiro atoms. The Morgan fingerprint density at radius 3 is 2.16 bits per heavy atom. The van der Waals surface area contributed by atoms with Gasteiger partial charge in [-0.05, 0) is 23.8 Å². The largest absolute Gasteiger partial charge is 0.335 e. The Morgan fingerprint density at radius 1 is 1.05 bits per heavy atom. The SMILES string of the molecule is O=P(Cc1cc(Cl)ccc1Cl)(OCCCl)OCCCl. The number of rotatable bonds is 8. The molecular formula is C11H13Cl4O3P. The van der Waals surface area contributed by atoms with E-state index in [0.717, 1.165) is 0 Å². The molecule has 0 saturated heterocycles. The summed E-state index contributed by atoms with van der Waals surface area (Å²) in [7, 11) is -3.33. The fourth-order valence-corrected chi connectivity index (χ4v) is 3.87. The van der Waals surface area contributed by atoms with E-state index in [9.17, 15) is 4.57 Å². The molecule has 0 atom stereocenters. The van der Waals surface area contributed by atoms with E-state index in [2.05, 4.69) is 0 Å². The number of halogens is 4. The lowest BCUT2D eigenvalue weighted by Gasteiger charge is -2.18.